The molecule has 0 aromatic heterocycles. The SMILES string of the molecule is C[C@@H](CC(CS(=O)(=O)N1CCN(c2ccc(C#Cc3ccccc3)cc2)CC1)N(O)C=O)c1ccccc1. The smallest absolute Gasteiger partial charge is 0.233 e. The molecule has 38 heavy (non-hydrogen) atoms. The molecule has 198 valence electrons. The number of carbonyl (C=O) groups is 1. The van der Waals surface area contributed by atoms with Crippen LogP contribution in [-0.2, 0) is 14.8 Å². The van der Waals surface area contributed by atoms with Crippen LogP contribution in [0.15, 0.2) is 84.9 Å². The maximum atomic E-state index is 13.2. The molecule has 0 radical (unpaired) electrons. The number of hydrogen-bond donors (Lipinski definition) is 1. The van der Waals surface area contributed by atoms with E-state index < -0.39 is 16.1 Å². The fraction of sp³-hybridized carbons (Fsp3) is 0.300. The first-order valence-corrected chi connectivity index (χ1v) is 14.3. The number of hydroxylamine groups is 2. The van der Waals surface area contributed by atoms with Crippen LogP contribution in [0.2, 0.25) is 0 Å². The van der Waals surface area contributed by atoms with E-state index in [0.29, 0.717) is 37.7 Å². The van der Waals surface area contributed by atoms with Gasteiger partial charge in [0.1, 0.15) is 0 Å². The lowest BCUT2D eigenvalue weighted by Gasteiger charge is -2.36. The highest BCUT2D eigenvalue weighted by Gasteiger charge is 2.32. The molecule has 1 N–H and O–H groups in total. The van der Waals surface area contributed by atoms with E-state index in [0.717, 1.165) is 22.4 Å². The number of rotatable bonds is 9. The number of sulfonamides is 1. The Morgan fingerprint density at radius 2 is 1.42 bits per heavy atom. The summed E-state index contributed by atoms with van der Waals surface area (Å²) in [6.45, 7) is 3.74. The van der Waals surface area contributed by atoms with Gasteiger partial charge in [0.15, 0.2) is 0 Å². The predicted molar refractivity (Wildman–Crippen MR) is 149 cm³/mol. The molecule has 3 aromatic rings. The molecular weight excluding hydrogens is 498 g/mol. The summed E-state index contributed by atoms with van der Waals surface area (Å²) in [7, 11) is -3.68. The van der Waals surface area contributed by atoms with Gasteiger partial charge in [-0.1, -0.05) is 67.3 Å². The second-order valence-corrected chi connectivity index (χ2v) is 11.5. The number of anilines is 1. The van der Waals surface area contributed by atoms with Crippen LogP contribution in [-0.4, -0.2) is 67.4 Å². The van der Waals surface area contributed by atoms with Crippen LogP contribution in [0.3, 0.4) is 0 Å². The second kappa shape index (κ2) is 12.7. The number of piperazine rings is 1. The van der Waals surface area contributed by atoms with Crippen molar-refractivity contribution in [2.75, 3.05) is 36.8 Å². The quantitative estimate of drug-likeness (QED) is 0.196. The highest BCUT2D eigenvalue weighted by Crippen LogP contribution is 2.24. The number of nitrogens with zero attached hydrogens (tertiary/aromatic N) is 3. The summed E-state index contributed by atoms with van der Waals surface area (Å²) < 4.78 is 28.0. The number of carbonyl (C=O) groups excluding carboxylic acids is 1. The van der Waals surface area contributed by atoms with E-state index in [2.05, 4.69) is 16.7 Å². The van der Waals surface area contributed by atoms with Gasteiger partial charge in [-0.3, -0.25) is 10.0 Å². The predicted octanol–water partition coefficient (Wildman–Crippen LogP) is 3.95. The van der Waals surface area contributed by atoms with Crippen LogP contribution in [0.4, 0.5) is 5.69 Å². The number of amides is 1. The van der Waals surface area contributed by atoms with Crippen molar-refractivity contribution in [2.24, 2.45) is 0 Å². The summed E-state index contributed by atoms with van der Waals surface area (Å²) in [4.78, 5) is 13.5. The van der Waals surface area contributed by atoms with Gasteiger partial charge in [-0.05, 0) is 54.3 Å². The number of benzene rings is 3. The molecule has 0 saturated carbocycles. The van der Waals surface area contributed by atoms with Gasteiger partial charge in [0.25, 0.3) is 0 Å². The first kappa shape index (κ1) is 27.4. The zero-order valence-corrected chi connectivity index (χ0v) is 22.3. The van der Waals surface area contributed by atoms with Crippen LogP contribution < -0.4 is 4.90 Å². The molecule has 3 aromatic carbocycles. The molecule has 1 aliphatic rings. The Labute approximate surface area is 225 Å². The summed E-state index contributed by atoms with van der Waals surface area (Å²) in [5, 5.41) is 10.7. The van der Waals surface area contributed by atoms with Gasteiger partial charge in [-0.25, -0.2) is 13.5 Å². The minimum absolute atomic E-state index is 0.0248. The van der Waals surface area contributed by atoms with Crippen LogP contribution >= 0.6 is 0 Å². The van der Waals surface area contributed by atoms with Crippen molar-refractivity contribution in [3.05, 3.63) is 102 Å². The Morgan fingerprint density at radius 1 is 0.868 bits per heavy atom. The maximum Gasteiger partial charge on any atom is 0.233 e. The molecule has 0 bridgehead atoms. The lowest BCUT2D eigenvalue weighted by molar-refractivity contribution is -0.159. The minimum Gasteiger partial charge on any atom is -0.369 e. The molecule has 1 saturated heterocycles. The molecule has 0 aliphatic carbocycles. The number of hydrogen-bond acceptors (Lipinski definition) is 5. The largest absolute Gasteiger partial charge is 0.369 e. The topological polar surface area (TPSA) is 81.2 Å². The van der Waals surface area contributed by atoms with Crippen LogP contribution in [0.1, 0.15) is 36.0 Å². The minimum atomic E-state index is -3.68. The van der Waals surface area contributed by atoms with Crippen LogP contribution in [0.5, 0.6) is 0 Å². The molecule has 8 heteroatoms. The van der Waals surface area contributed by atoms with Crippen molar-refractivity contribution in [1.29, 1.82) is 0 Å². The molecule has 1 heterocycles. The van der Waals surface area contributed by atoms with Gasteiger partial charge in [0, 0.05) is 43.0 Å². The fourth-order valence-corrected chi connectivity index (χ4v) is 6.36. The molecule has 0 spiro atoms. The molecule has 1 fully saturated rings. The van der Waals surface area contributed by atoms with Crippen LogP contribution in [0.25, 0.3) is 0 Å². The molecular formula is C30H33N3O4S. The van der Waals surface area contributed by atoms with E-state index in [1.807, 2.05) is 91.9 Å². The van der Waals surface area contributed by atoms with Crippen molar-refractivity contribution in [2.45, 2.75) is 25.3 Å². The first-order chi connectivity index (χ1) is 18.4. The van der Waals surface area contributed by atoms with Crippen molar-refractivity contribution in [3.8, 4) is 11.8 Å². The lowest BCUT2D eigenvalue weighted by Crippen LogP contribution is -2.51. The van der Waals surface area contributed by atoms with Crippen molar-refractivity contribution in [3.63, 3.8) is 0 Å². The summed E-state index contributed by atoms with van der Waals surface area (Å²) in [5.74, 6) is 5.97. The van der Waals surface area contributed by atoms with E-state index in [-0.39, 0.29) is 18.1 Å². The van der Waals surface area contributed by atoms with Gasteiger partial charge >= 0.3 is 0 Å². The Hall–Kier alpha value is -3.64. The summed E-state index contributed by atoms with van der Waals surface area (Å²) >= 11 is 0. The Kier molecular flexibility index (Phi) is 9.19. The Balaban J connectivity index is 1.35. The third kappa shape index (κ3) is 7.23. The third-order valence-corrected chi connectivity index (χ3v) is 8.83. The third-order valence-electron chi connectivity index (χ3n) is 6.87. The van der Waals surface area contributed by atoms with Gasteiger partial charge < -0.3 is 4.90 Å². The summed E-state index contributed by atoms with van der Waals surface area (Å²) in [6, 6.07) is 26.6. The maximum absolute atomic E-state index is 13.2. The Morgan fingerprint density at radius 3 is 2.00 bits per heavy atom. The summed E-state index contributed by atoms with van der Waals surface area (Å²) in [5.41, 5.74) is 3.92. The average Bonchev–Trinajstić information content (AvgIpc) is 2.96. The van der Waals surface area contributed by atoms with Gasteiger partial charge in [0.05, 0.1) is 11.8 Å². The average molecular weight is 532 g/mol. The highest BCUT2D eigenvalue weighted by molar-refractivity contribution is 7.89. The van der Waals surface area contributed by atoms with Crippen LogP contribution in [0, 0.1) is 11.8 Å². The van der Waals surface area contributed by atoms with Crippen molar-refractivity contribution < 1.29 is 18.4 Å². The van der Waals surface area contributed by atoms with E-state index in [1.165, 1.54) is 4.31 Å². The van der Waals surface area contributed by atoms with Gasteiger partial charge in [-0.15, -0.1) is 0 Å². The molecule has 1 amide bonds. The van der Waals surface area contributed by atoms with Gasteiger partial charge in [-0.2, -0.15) is 4.31 Å². The second-order valence-electron chi connectivity index (χ2n) is 9.51. The zero-order chi connectivity index (χ0) is 27.0. The normalized spacial score (nSPS) is 15.7. The standard InChI is InChI=1S/C30H33N3O4S/c1-25(28-10-6-3-7-11-28)22-30(33(35)24-34)23-38(36,37)32-20-18-31(19-21-32)29-16-14-27(15-17-29)13-12-26-8-4-2-5-9-26/h2-11,14-17,24-25,30,35H,18-23H2,1H3/t25-,30?/m0/s1. The molecule has 4 rings (SSSR count). The summed E-state index contributed by atoms with van der Waals surface area (Å²) in [6.07, 6.45) is 0.613. The Bertz CT molecular complexity index is 1350. The van der Waals surface area contributed by atoms with E-state index in [9.17, 15) is 18.4 Å². The van der Waals surface area contributed by atoms with E-state index in [1.54, 1.807) is 0 Å². The fourth-order valence-electron chi connectivity index (χ4n) is 4.66. The van der Waals surface area contributed by atoms with E-state index in [4.69, 9.17) is 0 Å². The van der Waals surface area contributed by atoms with Crippen molar-refractivity contribution >= 4 is 22.1 Å². The first-order valence-electron chi connectivity index (χ1n) is 12.7. The molecule has 1 aliphatic heterocycles. The molecule has 1 unspecified atom stereocenters. The molecule has 7 nitrogen and oxygen atoms in total. The lowest BCUT2D eigenvalue weighted by atomic mass is 9.94. The molecule has 2 atom stereocenters. The van der Waals surface area contributed by atoms with Gasteiger partial charge in [0.2, 0.25) is 16.4 Å². The van der Waals surface area contributed by atoms with Crippen molar-refractivity contribution in [1.82, 2.24) is 9.37 Å². The van der Waals surface area contributed by atoms with E-state index >= 15 is 0 Å². The monoisotopic (exact) mass is 531 g/mol. The highest BCUT2D eigenvalue weighted by atomic mass is 32.2. The zero-order valence-electron chi connectivity index (χ0n) is 21.5.